The van der Waals surface area contributed by atoms with E-state index in [2.05, 4.69) is 13.8 Å². The van der Waals surface area contributed by atoms with Crippen molar-refractivity contribution >= 4 is 76.8 Å². The van der Waals surface area contributed by atoms with Gasteiger partial charge in [0, 0.05) is 6.42 Å². The zero-order valence-corrected chi connectivity index (χ0v) is 12.5. The second-order valence-corrected chi connectivity index (χ2v) is 4.39. The van der Waals surface area contributed by atoms with Crippen molar-refractivity contribution in [2.24, 2.45) is 5.92 Å². The predicted octanol–water partition coefficient (Wildman–Crippen LogP) is 1.97. The van der Waals surface area contributed by atoms with Crippen molar-refractivity contribution in [2.45, 2.75) is 59.8 Å². The first-order chi connectivity index (χ1) is 8.88. The van der Waals surface area contributed by atoms with Crippen LogP contribution in [-0.2, 0) is 14.3 Å². The number of aliphatic carboxylic acids is 1. The zero-order chi connectivity index (χ0) is 15.3. The minimum atomic E-state index is -0.745. The first-order valence-electron chi connectivity index (χ1n) is 6.82. The maximum atomic E-state index is 11.0. The third-order valence-corrected chi connectivity index (χ3v) is 2.60. The molecule has 0 heterocycles. The number of carbonyl (C=O) groups is 2. The van der Waals surface area contributed by atoms with E-state index in [4.69, 9.17) is 15.3 Å². The Balaban J connectivity index is -0.000000179. The number of unbranched alkanes of at least 4 members (excludes halogenated alkanes) is 1. The van der Waals surface area contributed by atoms with E-state index in [1.165, 1.54) is 19.8 Å². The van der Waals surface area contributed by atoms with Crippen LogP contribution in [0.1, 0.15) is 59.8 Å². The molecule has 0 amide bonds. The third kappa shape index (κ3) is 23.0. The zero-order valence-electron chi connectivity index (χ0n) is 12.5. The van der Waals surface area contributed by atoms with E-state index in [-0.39, 0.29) is 71.2 Å². The first kappa shape index (κ1) is 29.6. The number of carboxylic acid groups (broad SMARTS) is 1. The Morgan fingerprint density at radius 1 is 1.19 bits per heavy atom. The summed E-state index contributed by atoms with van der Waals surface area (Å²) in [5.74, 6) is -0.775. The van der Waals surface area contributed by atoms with Gasteiger partial charge in [-0.3, -0.25) is 10.2 Å². The number of carbonyl (C=O) groups excluding carboxylic acids is 1. The van der Waals surface area contributed by atoms with Crippen molar-refractivity contribution in [2.75, 3.05) is 6.61 Å². The van der Waals surface area contributed by atoms with Crippen LogP contribution < -0.4 is 0 Å². The molecule has 0 saturated carbocycles. The van der Waals surface area contributed by atoms with Gasteiger partial charge in [0.2, 0.25) is 0 Å². The Morgan fingerprint density at radius 3 is 1.95 bits per heavy atom. The molecule has 0 aliphatic carbocycles. The van der Waals surface area contributed by atoms with Crippen LogP contribution in [-0.4, -0.2) is 88.5 Å². The van der Waals surface area contributed by atoms with Crippen molar-refractivity contribution in [3.05, 3.63) is 0 Å². The van der Waals surface area contributed by atoms with E-state index in [0.29, 0.717) is 12.5 Å². The normalized spacial score (nSPS) is 9.90. The molecule has 0 aromatic heterocycles. The van der Waals surface area contributed by atoms with Crippen LogP contribution in [0.5, 0.6) is 0 Å². The summed E-state index contributed by atoms with van der Waals surface area (Å²) in [7, 11) is 0. The Labute approximate surface area is 172 Å². The Morgan fingerprint density at radius 2 is 1.67 bits per heavy atom. The SMILES string of the molecule is CCC(=O)O.CCCCC(CC)COC(=O)C(C)=N.[NaH].[NaH]. The van der Waals surface area contributed by atoms with Crippen molar-refractivity contribution in [3.8, 4) is 0 Å². The van der Waals surface area contributed by atoms with Gasteiger partial charge in [0.1, 0.15) is 5.71 Å². The number of hydrogen-bond acceptors (Lipinski definition) is 4. The summed E-state index contributed by atoms with van der Waals surface area (Å²) in [6.07, 6.45) is 4.72. The molecule has 5 nitrogen and oxygen atoms in total. The molecule has 1 unspecified atom stereocenters. The summed E-state index contributed by atoms with van der Waals surface area (Å²) in [5, 5.41) is 14.8. The number of hydrogen-bond donors (Lipinski definition) is 2. The first-order valence-corrected chi connectivity index (χ1v) is 6.82. The Bertz CT molecular complexity index is 286. The molecule has 7 heteroatoms. The molecule has 0 bridgehead atoms. The molecular formula is C14H29NNa2O4. The monoisotopic (exact) mass is 321 g/mol. The average Bonchev–Trinajstić information content (AvgIpc) is 2.39. The van der Waals surface area contributed by atoms with Gasteiger partial charge in [0.15, 0.2) is 0 Å². The Kier molecular flexibility index (Phi) is 29.1. The molecule has 0 aromatic carbocycles. The van der Waals surface area contributed by atoms with E-state index in [9.17, 15) is 9.59 Å². The molecule has 0 saturated heterocycles. The Hall–Kier alpha value is 0.610. The van der Waals surface area contributed by atoms with Crippen LogP contribution in [0.25, 0.3) is 0 Å². The fourth-order valence-electron chi connectivity index (χ4n) is 1.20. The fourth-order valence-corrected chi connectivity index (χ4v) is 1.20. The van der Waals surface area contributed by atoms with Gasteiger partial charge < -0.3 is 9.84 Å². The van der Waals surface area contributed by atoms with Crippen molar-refractivity contribution in [1.29, 1.82) is 5.41 Å². The van der Waals surface area contributed by atoms with Gasteiger partial charge in [-0.15, -0.1) is 0 Å². The standard InChI is InChI=1S/C11H21NO2.C3H6O2.2Na.2H/c1-4-6-7-10(5-2)8-14-11(13)9(3)12;1-2-3(4)5;;;;/h10,12H,4-8H2,1-3H3;2H2,1H3,(H,4,5);;;;. The van der Waals surface area contributed by atoms with Gasteiger partial charge in [-0.05, 0) is 19.3 Å². The number of esters is 1. The van der Waals surface area contributed by atoms with Gasteiger partial charge in [-0.2, -0.15) is 0 Å². The van der Waals surface area contributed by atoms with Gasteiger partial charge in [-0.25, -0.2) is 4.79 Å². The van der Waals surface area contributed by atoms with E-state index < -0.39 is 11.9 Å². The van der Waals surface area contributed by atoms with Crippen LogP contribution in [0.15, 0.2) is 0 Å². The molecule has 21 heavy (non-hydrogen) atoms. The van der Waals surface area contributed by atoms with Crippen LogP contribution in [0.2, 0.25) is 0 Å². The van der Waals surface area contributed by atoms with Crippen molar-refractivity contribution < 1.29 is 19.4 Å². The number of ether oxygens (including phenoxy) is 1. The van der Waals surface area contributed by atoms with E-state index in [1.54, 1.807) is 6.92 Å². The summed E-state index contributed by atoms with van der Waals surface area (Å²) in [4.78, 5) is 20.4. The summed E-state index contributed by atoms with van der Waals surface area (Å²) >= 11 is 0. The van der Waals surface area contributed by atoms with Gasteiger partial charge in [0.25, 0.3) is 0 Å². The van der Waals surface area contributed by atoms with E-state index >= 15 is 0 Å². The average molecular weight is 321 g/mol. The van der Waals surface area contributed by atoms with E-state index in [1.807, 2.05) is 0 Å². The summed E-state index contributed by atoms with van der Waals surface area (Å²) in [6.45, 7) is 7.77. The van der Waals surface area contributed by atoms with Crippen LogP contribution in [0, 0.1) is 11.3 Å². The minimum absolute atomic E-state index is 0. The van der Waals surface area contributed by atoms with Gasteiger partial charge in [-0.1, -0.05) is 40.0 Å². The summed E-state index contributed by atoms with van der Waals surface area (Å²) < 4.78 is 4.99. The van der Waals surface area contributed by atoms with Crippen LogP contribution >= 0.6 is 0 Å². The number of nitrogens with one attached hydrogen (secondary N) is 1. The summed E-state index contributed by atoms with van der Waals surface area (Å²) in [5.41, 5.74) is -0.0182. The summed E-state index contributed by atoms with van der Waals surface area (Å²) in [6, 6.07) is 0. The molecule has 0 fully saturated rings. The van der Waals surface area contributed by atoms with Crippen LogP contribution in [0.3, 0.4) is 0 Å². The molecule has 0 spiro atoms. The van der Waals surface area contributed by atoms with Gasteiger partial charge >= 0.3 is 71.1 Å². The topological polar surface area (TPSA) is 87.5 Å². The second-order valence-electron chi connectivity index (χ2n) is 4.39. The third-order valence-electron chi connectivity index (χ3n) is 2.60. The molecule has 1 atom stereocenters. The number of rotatable bonds is 8. The van der Waals surface area contributed by atoms with Crippen molar-refractivity contribution in [1.82, 2.24) is 0 Å². The number of carboxylic acids is 1. The molecule has 0 radical (unpaired) electrons. The molecule has 0 aliphatic heterocycles. The van der Waals surface area contributed by atoms with E-state index in [0.717, 1.165) is 12.8 Å². The molecule has 0 rings (SSSR count). The van der Waals surface area contributed by atoms with Gasteiger partial charge in [0.05, 0.1) is 6.61 Å². The van der Waals surface area contributed by atoms with Crippen LogP contribution in [0.4, 0.5) is 0 Å². The predicted molar refractivity (Wildman–Crippen MR) is 89.9 cm³/mol. The fraction of sp³-hybridized carbons (Fsp3) is 0.786. The van der Waals surface area contributed by atoms with Crippen molar-refractivity contribution in [3.63, 3.8) is 0 Å². The molecule has 0 aliphatic rings. The molecule has 116 valence electrons. The molecule has 0 aromatic rings. The molecular weight excluding hydrogens is 292 g/mol. The second kappa shape index (κ2) is 20.6. The molecule has 2 N–H and O–H groups in total. The maximum absolute atomic E-state index is 11.0. The quantitative estimate of drug-likeness (QED) is 0.406.